The molecule has 0 unspecified atom stereocenters. The SMILES string of the molecule is Clc1csc(NCCc2ccsc2)n1. The van der Waals surface area contributed by atoms with Gasteiger partial charge in [-0.3, -0.25) is 0 Å². The first-order valence-electron chi connectivity index (χ1n) is 4.20. The predicted octanol–water partition coefficient (Wildman–Crippen LogP) is 3.51. The Morgan fingerprint density at radius 2 is 2.36 bits per heavy atom. The van der Waals surface area contributed by atoms with E-state index in [1.54, 1.807) is 11.3 Å². The maximum absolute atomic E-state index is 5.70. The highest BCUT2D eigenvalue weighted by Gasteiger charge is 1.98. The van der Waals surface area contributed by atoms with Gasteiger partial charge in [-0.15, -0.1) is 11.3 Å². The number of hydrogen-bond donors (Lipinski definition) is 1. The maximum Gasteiger partial charge on any atom is 0.184 e. The molecule has 5 heteroatoms. The molecule has 2 rings (SSSR count). The van der Waals surface area contributed by atoms with Gasteiger partial charge in [0, 0.05) is 11.9 Å². The monoisotopic (exact) mass is 244 g/mol. The normalized spacial score (nSPS) is 10.4. The Bertz CT molecular complexity index is 383. The molecule has 2 heterocycles. The Morgan fingerprint density at radius 1 is 1.43 bits per heavy atom. The van der Waals surface area contributed by atoms with E-state index >= 15 is 0 Å². The fourth-order valence-electron chi connectivity index (χ4n) is 1.08. The van der Waals surface area contributed by atoms with Crippen LogP contribution in [0.25, 0.3) is 0 Å². The number of anilines is 1. The molecule has 0 bridgehead atoms. The molecular weight excluding hydrogens is 236 g/mol. The molecule has 0 radical (unpaired) electrons. The van der Waals surface area contributed by atoms with Gasteiger partial charge in [0.05, 0.1) is 0 Å². The van der Waals surface area contributed by atoms with Gasteiger partial charge in [-0.1, -0.05) is 11.6 Å². The minimum atomic E-state index is 0.563. The molecule has 2 aromatic rings. The zero-order valence-corrected chi connectivity index (χ0v) is 9.75. The van der Waals surface area contributed by atoms with Gasteiger partial charge in [0.1, 0.15) is 5.15 Å². The van der Waals surface area contributed by atoms with E-state index in [9.17, 15) is 0 Å². The molecule has 0 aliphatic heterocycles. The second-order valence-electron chi connectivity index (χ2n) is 2.78. The molecular formula is C9H9ClN2S2. The van der Waals surface area contributed by atoms with Crippen molar-refractivity contribution in [3.05, 3.63) is 32.9 Å². The molecule has 0 aliphatic carbocycles. The average Bonchev–Trinajstić information content (AvgIpc) is 2.77. The van der Waals surface area contributed by atoms with Crippen LogP contribution in [0.1, 0.15) is 5.56 Å². The van der Waals surface area contributed by atoms with Crippen molar-refractivity contribution in [3.63, 3.8) is 0 Å². The number of nitrogens with zero attached hydrogens (tertiary/aromatic N) is 1. The molecule has 0 fully saturated rings. The van der Waals surface area contributed by atoms with Crippen molar-refractivity contribution in [3.8, 4) is 0 Å². The van der Waals surface area contributed by atoms with Gasteiger partial charge < -0.3 is 5.32 Å². The Balaban J connectivity index is 1.78. The van der Waals surface area contributed by atoms with Crippen molar-refractivity contribution in [2.45, 2.75) is 6.42 Å². The highest BCUT2D eigenvalue weighted by molar-refractivity contribution is 7.14. The van der Waals surface area contributed by atoms with Gasteiger partial charge in [0.15, 0.2) is 5.13 Å². The molecule has 0 saturated heterocycles. The van der Waals surface area contributed by atoms with Crippen LogP contribution in [0.2, 0.25) is 5.15 Å². The highest BCUT2D eigenvalue weighted by atomic mass is 35.5. The van der Waals surface area contributed by atoms with Gasteiger partial charge >= 0.3 is 0 Å². The second-order valence-corrected chi connectivity index (χ2v) is 4.81. The molecule has 0 aromatic carbocycles. The summed E-state index contributed by atoms with van der Waals surface area (Å²) >= 11 is 8.96. The van der Waals surface area contributed by atoms with E-state index < -0.39 is 0 Å². The number of aromatic nitrogens is 1. The van der Waals surface area contributed by atoms with Crippen molar-refractivity contribution in [1.29, 1.82) is 0 Å². The molecule has 2 nitrogen and oxygen atoms in total. The topological polar surface area (TPSA) is 24.9 Å². The van der Waals surface area contributed by atoms with E-state index in [1.807, 2.05) is 5.38 Å². The Labute approximate surface area is 95.6 Å². The molecule has 0 aliphatic rings. The fourth-order valence-corrected chi connectivity index (χ4v) is 2.65. The first-order chi connectivity index (χ1) is 6.84. The van der Waals surface area contributed by atoms with E-state index in [1.165, 1.54) is 16.9 Å². The first kappa shape index (κ1) is 9.96. The zero-order chi connectivity index (χ0) is 9.80. The molecule has 14 heavy (non-hydrogen) atoms. The van der Waals surface area contributed by atoms with Crippen molar-refractivity contribution < 1.29 is 0 Å². The first-order valence-corrected chi connectivity index (χ1v) is 6.40. The Kier molecular flexibility index (Phi) is 3.39. The summed E-state index contributed by atoms with van der Waals surface area (Å²) in [6, 6.07) is 2.14. The van der Waals surface area contributed by atoms with Crippen LogP contribution in [0, 0.1) is 0 Å². The van der Waals surface area contributed by atoms with Crippen LogP contribution < -0.4 is 5.32 Å². The summed E-state index contributed by atoms with van der Waals surface area (Å²) in [5.41, 5.74) is 1.37. The number of halogens is 1. The van der Waals surface area contributed by atoms with Crippen molar-refractivity contribution >= 4 is 39.4 Å². The lowest BCUT2D eigenvalue weighted by Crippen LogP contribution is -2.03. The minimum absolute atomic E-state index is 0.563. The third-order valence-electron chi connectivity index (χ3n) is 1.75. The van der Waals surface area contributed by atoms with E-state index in [0.29, 0.717) is 5.15 Å². The molecule has 0 atom stereocenters. The number of nitrogens with one attached hydrogen (secondary N) is 1. The van der Waals surface area contributed by atoms with Gasteiger partial charge in [0.25, 0.3) is 0 Å². The van der Waals surface area contributed by atoms with Crippen molar-refractivity contribution in [2.24, 2.45) is 0 Å². The number of thiazole rings is 1. The summed E-state index contributed by atoms with van der Waals surface area (Å²) in [5.74, 6) is 0. The standard InChI is InChI=1S/C9H9ClN2S2/c10-8-6-14-9(12-8)11-3-1-7-2-4-13-5-7/h2,4-6H,1,3H2,(H,11,12). The van der Waals surface area contributed by atoms with Gasteiger partial charge in [-0.25, -0.2) is 4.98 Å². The lowest BCUT2D eigenvalue weighted by Gasteiger charge is -1.99. The maximum atomic E-state index is 5.70. The summed E-state index contributed by atoms with van der Waals surface area (Å²) in [5, 5.41) is 10.8. The molecule has 0 amide bonds. The third-order valence-corrected chi connectivity index (χ3v) is 3.60. The van der Waals surface area contributed by atoms with Crippen molar-refractivity contribution in [2.75, 3.05) is 11.9 Å². The van der Waals surface area contributed by atoms with Crippen LogP contribution in [-0.2, 0) is 6.42 Å². The minimum Gasteiger partial charge on any atom is -0.361 e. The predicted molar refractivity (Wildman–Crippen MR) is 63.6 cm³/mol. The van der Waals surface area contributed by atoms with Crippen LogP contribution in [0.4, 0.5) is 5.13 Å². The quantitative estimate of drug-likeness (QED) is 0.890. The lowest BCUT2D eigenvalue weighted by atomic mass is 10.2. The van der Waals surface area contributed by atoms with Crippen LogP contribution >= 0.6 is 34.3 Å². The van der Waals surface area contributed by atoms with E-state index in [4.69, 9.17) is 11.6 Å². The van der Waals surface area contributed by atoms with E-state index in [2.05, 4.69) is 27.1 Å². The molecule has 0 spiro atoms. The Hall–Kier alpha value is -0.580. The third kappa shape index (κ3) is 2.70. The molecule has 0 saturated carbocycles. The molecule has 2 aromatic heterocycles. The summed E-state index contributed by atoms with van der Waals surface area (Å²) < 4.78 is 0. The summed E-state index contributed by atoms with van der Waals surface area (Å²) in [6.07, 6.45) is 1.03. The average molecular weight is 245 g/mol. The van der Waals surface area contributed by atoms with Gasteiger partial charge in [-0.05, 0) is 28.8 Å². The van der Waals surface area contributed by atoms with Gasteiger partial charge in [0.2, 0.25) is 0 Å². The van der Waals surface area contributed by atoms with Crippen molar-refractivity contribution in [1.82, 2.24) is 4.98 Å². The van der Waals surface area contributed by atoms with Crippen LogP contribution in [-0.4, -0.2) is 11.5 Å². The summed E-state index contributed by atoms with van der Waals surface area (Å²) in [7, 11) is 0. The van der Waals surface area contributed by atoms with Crippen LogP contribution in [0.5, 0.6) is 0 Å². The smallest absolute Gasteiger partial charge is 0.184 e. The summed E-state index contributed by atoms with van der Waals surface area (Å²) in [6.45, 7) is 0.903. The molecule has 74 valence electrons. The van der Waals surface area contributed by atoms with Crippen LogP contribution in [0.15, 0.2) is 22.2 Å². The van der Waals surface area contributed by atoms with E-state index in [0.717, 1.165) is 18.1 Å². The number of hydrogen-bond acceptors (Lipinski definition) is 4. The highest BCUT2D eigenvalue weighted by Crippen LogP contribution is 2.18. The van der Waals surface area contributed by atoms with Crippen LogP contribution in [0.3, 0.4) is 0 Å². The zero-order valence-electron chi connectivity index (χ0n) is 7.37. The number of thiophene rings is 1. The summed E-state index contributed by atoms with van der Waals surface area (Å²) in [4.78, 5) is 4.10. The van der Waals surface area contributed by atoms with Gasteiger partial charge in [-0.2, -0.15) is 11.3 Å². The largest absolute Gasteiger partial charge is 0.361 e. The molecule has 1 N–H and O–H groups in total. The Morgan fingerprint density at radius 3 is 3.00 bits per heavy atom. The lowest BCUT2D eigenvalue weighted by molar-refractivity contribution is 1.02. The second kappa shape index (κ2) is 4.77. The number of rotatable bonds is 4. The fraction of sp³-hybridized carbons (Fsp3) is 0.222. The van der Waals surface area contributed by atoms with E-state index in [-0.39, 0.29) is 0 Å².